The number of hydrogen-bond donors (Lipinski definition) is 1. The second-order valence-corrected chi connectivity index (χ2v) is 5.19. The molecule has 0 saturated carbocycles. The van der Waals surface area contributed by atoms with Crippen molar-refractivity contribution in [1.82, 2.24) is 5.32 Å². The van der Waals surface area contributed by atoms with Gasteiger partial charge in [0.1, 0.15) is 12.4 Å². The van der Waals surface area contributed by atoms with E-state index in [-0.39, 0.29) is 18.3 Å². The Hall–Kier alpha value is -2.82. The predicted octanol–water partition coefficient (Wildman–Crippen LogP) is 2.95. The number of benzene rings is 2. The molecule has 5 heteroatoms. The van der Waals surface area contributed by atoms with Crippen LogP contribution in [0.2, 0.25) is 0 Å². The van der Waals surface area contributed by atoms with Gasteiger partial charge in [-0.2, -0.15) is 0 Å². The Kier molecular flexibility index (Phi) is 6.83. The quantitative estimate of drug-likeness (QED) is 0.598. The van der Waals surface area contributed by atoms with Crippen LogP contribution in [-0.4, -0.2) is 25.5 Å². The van der Waals surface area contributed by atoms with E-state index in [1.807, 2.05) is 48.5 Å². The van der Waals surface area contributed by atoms with Crippen LogP contribution in [0.5, 0.6) is 5.75 Å². The van der Waals surface area contributed by atoms with Gasteiger partial charge in [-0.25, -0.2) is 0 Å². The molecule has 2 rings (SSSR count). The normalized spacial score (nSPS) is 10.0. The molecule has 0 saturated heterocycles. The third-order valence-corrected chi connectivity index (χ3v) is 3.47. The van der Waals surface area contributed by atoms with E-state index in [0.29, 0.717) is 25.1 Å². The molecule has 0 aliphatic carbocycles. The van der Waals surface area contributed by atoms with Crippen LogP contribution in [0.4, 0.5) is 0 Å². The molecule has 126 valence electrons. The van der Waals surface area contributed by atoms with E-state index in [0.717, 1.165) is 11.3 Å². The van der Waals surface area contributed by atoms with Crippen LogP contribution in [0.15, 0.2) is 54.6 Å². The molecule has 24 heavy (non-hydrogen) atoms. The number of nitrogens with one attached hydrogen (secondary N) is 1. The van der Waals surface area contributed by atoms with E-state index >= 15 is 0 Å². The second-order valence-electron chi connectivity index (χ2n) is 5.19. The molecular formula is C19H21NO4. The number of para-hydroxylation sites is 1. The fourth-order valence-corrected chi connectivity index (χ4v) is 2.18. The number of ether oxygens (including phenoxy) is 2. The molecule has 0 radical (unpaired) electrons. The zero-order chi connectivity index (χ0) is 17.2. The lowest BCUT2D eigenvalue weighted by Gasteiger charge is -2.11. The summed E-state index contributed by atoms with van der Waals surface area (Å²) in [6, 6.07) is 16.8. The minimum atomic E-state index is -0.277. The van der Waals surface area contributed by atoms with Crippen molar-refractivity contribution in [1.29, 1.82) is 0 Å². The largest absolute Gasteiger partial charge is 0.489 e. The van der Waals surface area contributed by atoms with E-state index < -0.39 is 0 Å². The van der Waals surface area contributed by atoms with Crippen molar-refractivity contribution < 1.29 is 19.1 Å². The van der Waals surface area contributed by atoms with Gasteiger partial charge >= 0.3 is 5.97 Å². The highest BCUT2D eigenvalue weighted by Gasteiger charge is 2.11. The molecule has 5 nitrogen and oxygen atoms in total. The van der Waals surface area contributed by atoms with Crippen LogP contribution in [0, 0.1) is 0 Å². The molecular weight excluding hydrogens is 306 g/mol. The molecule has 0 heterocycles. The second kappa shape index (κ2) is 9.35. The molecule has 0 aromatic heterocycles. The average molecular weight is 327 g/mol. The lowest BCUT2D eigenvalue weighted by molar-refractivity contribution is -0.140. The number of carbonyl (C=O) groups excluding carboxylic acids is 2. The third kappa shape index (κ3) is 5.43. The fraction of sp³-hybridized carbons (Fsp3) is 0.263. The maximum Gasteiger partial charge on any atom is 0.305 e. The minimum Gasteiger partial charge on any atom is -0.489 e. The summed E-state index contributed by atoms with van der Waals surface area (Å²) in [7, 11) is 1.35. The third-order valence-electron chi connectivity index (χ3n) is 3.47. The zero-order valence-corrected chi connectivity index (χ0v) is 13.7. The average Bonchev–Trinajstić information content (AvgIpc) is 2.64. The first-order valence-electron chi connectivity index (χ1n) is 7.81. The Morgan fingerprint density at radius 1 is 1.00 bits per heavy atom. The lowest BCUT2D eigenvalue weighted by Crippen LogP contribution is -2.26. The van der Waals surface area contributed by atoms with Gasteiger partial charge in [0.15, 0.2) is 0 Å². The van der Waals surface area contributed by atoms with Gasteiger partial charge in [0, 0.05) is 24.1 Å². The number of amides is 1. The van der Waals surface area contributed by atoms with Gasteiger partial charge in [0.25, 0.3) is 5.91 Å². The maximum absolute atomic E-state index is 12.3. The summed E-state index contributed by atoms with van der Waals surface area (Å²) in [5, 5.41) is 2.81. The number of hydrogen-bond acceptors (Lipinski definition) is 4. The van der Waals surface area contributed by atoms with Gasteiger partial charge in [-0.1, -0.05) is 36.4 Å². The molecule has 2 aromatic rings. The monoisotopic (exact) mass is 327 g/mol. The highest BCUT2D eigenvalue weighted by atomic mass is 16.5. The Balaban J connectivity index is 1.90. The van der Waals surface area contributed by atoms with E-state index in [1.54, 1.807) is 6.07 Å². The van der Waals surface area contributed by atoms with Gasteiger partial charge < -0.3 is 14.8 Å². The van der Waals surface area contributed by atoms with Crippen LogP contribution in [0.3, 0.4) is 0 Å². The zero-order valence-electron chi connectivity index (χ0n) is 13.7. The first-order valence-corrected chi connectivity index (χ1v) is 7.81. The van der Waals surface area contributed by atoms with E-state index in [2.05, 4.69) is 10.1 Å². The summed E-state index contributed by atoms with van der Waals surface area (Å²) < 4.78 is 10.3. The van der Waals surface area contributed by atoms with Gasteiger partial charge in [0.05, 0.1) is 7.11 Å². The summed E-state index contributed by atoms with van der Waals surface area (Å²) in [6.07, 6.45) is 0.830. The molecule has 0 fully saturated rings. The van der Waals surface area contributed by atoms with Crippen LogP contribution in [0.25, 0.3) is 0 Å². The standard InChI is InChI=1S/C19H21NO4/c1-23-18(21)12-7-13-20-19(22)17-11-6-5-8-15(17)14-24-16-9-3-2-4-10-16/h2-6,8-11H,7,12-14H2,1H3,(H,20,22). The number of carbonyl (C=O) groups is 2. The first kappa shape index (κ1) is 17.5. The molecule has 0 aliphatic heterocycles. The molecule has 2 aromatic carbocycles. The van der Waals surface area contributed by atoms with Gasteiger partial charge in [-0.05, 0) is 24.6 Å². The van der Waals surface area contributed by atoms with Crippen molar-refractivity contribution in [2.24, 2.45) is 0 Å². The van der Waals surface area contributed by atoms with E-state index in [9.17, 15) is 9.59 Å². The predicted molar refractivity (Wildman–Crippen MR) is 90.8 cm³/mol. The lowest BCUT2D eigenvalue weighted by atomic mass is 10.1. The van der Waals surface area contributed by atoms with Crippen molar-refractivity contribution in [3.63, 3.8) is 0 Å². The van der Waals surface area contributed by atoms with Crippen LogP contribution < -0.4 is 10.1 Å². The van der Waals surface area contributed by atoms with Gasteiger partial charge in [-0.3, -0.25) is 9.59 Å². The van der Waals surface area contributed by atoms with Crippen molar-refractivity contribution in [2.45, 2.75) is 19.4 Å². The number of esters is 1. The van der Waals surface area contributed by atoms with E-state index in [4.69, 9.17) is 4.74 Å². The first-order chi connectivity index (χ1) is 11.7. The smallest absolute Gasteiger partial charge is 0.305 e. The summed E-state index contributed by atoms with van der Waals surface area (Å²) in [4.78, 5) is 23.4. The summed E-state index contributed by atoms with van der Waals surface area (Å²) in [5.74, 6) is 0.304. The van der Waals surface area contributed by atoms with Gasteiger partial charge in [0.2, 0.25) is 0 Å². The van der Waals surface area contributed by atoms with Crippen molar-refractivity contribution in [3.05, 3.63) is 65.7 Å². The Labute approximate surface area is 141 Å². The Morgan fingerprint density at radius 3 is 2.46 bits per heavy atom. The van der Waals surface area contributed by atoms with Crippen LogP contribution >= 0.6 is 0 Å². The molecule has 1 N–H and O–H groups in total. The number of rotatable bonds is 8. The van der Waals surface area contributed by atoms with Gasteiger partial charge in [-0.15, -0.1) is 0 Å². The van der Waals surface area contributed by atoms with Crippen molar-refractivity contribution in [2.75, 3.05) is 13.7 Å². The van der Waals surface area contributed by atoms with E-state index in [1.165, 1.54) is 7.11 Å². The SMILES string of the molecule is COC(=O)CCCNC(=O)c1ccccc1COc1ccccc1. The van der Waals surface area contributed by atoms with Crippen molar-refractivity contribution >= 4 is 11.9 Å². The molecule has 0 aliphatic rings. The molecule has 0 unspecified atom stereocenters. The summed E-state index contributed by atoms with van der Waals surface area (Å²) in [5.41, 5.74) is 1.39. The highest BCUT2D eigenvalue weighted by Crippen LogP contribution is 2.14. The highest BCUT2D eigenvalue weighted by molar-refractivity contribution is 5.95. The Bertz CT molecular complexity index is 670. The summed E-state index contributed by atoms with van der Waals surface area (Å²) in [6.45, 7) is 0.734. The number of methoxy groups -OCH3 is 1. The fourth-order valence-electron chi connectivity index (χ4n) is 2.18. The molecule has 0 spiro atoms. The topological polar surface area (TPSA) is 64.6 Å². The molecule has 1 amide bonds. The van der Waals surface area contributed by atoms with Crippen LogP contribution in [-0.2, 0) is 16.1 Å². The van der Waals surface area contributed by atoms with Crippen LogP contribution in [0.1, 0.15) is 28.8 Å². The minimum absolute atomic E-state index is 0.174. The summed E-state index contributed by atoms with van der Waals surface area (Å²) >= 11 is 0. The Morgan fingerprint density at radius 2 is 1.71 bits per heavy atom. The molecule has 0 atom stereocenters. The maximum atomic E-state index is 12.3. The molecule has 0 bridgehead atoms. The van der Waals surface area contributed by atoms with Crippen molar-refractivity contribution in [3.8, 4) is 5.75 Å².